The van der Waals surface area contributed by atoms with E-state index in [-0.39, 0.29) is 53.7 Å². The van der Waals surface area contributed by atoms with Gasteiger partial charge in [0.05, 0.1) is 18.5 Å². The van der Waals surface area contributed by atoms with Crippen LogP contribution < -0.4 is 21.1 Å². The molecule has 0 radical (unpaired) electrons. The number of benzene rings is 1. The van der Waals surface area contributed by atoms with Gasteiger partial charge in [-0.1, -0.05) is 13.8 Å². The highest BCUT2D eigenvalue weighted by Crippen LogP contribution is 2.35. The van der Waals surface area contributed by atoms with Crippen molar-refractivity contribution in [2.45, 2.75) is 64.6 Å². The van der Waals surface area contributed by atoms with Gasteiger partial charge in [0.2, 0.25) is 5.95 Å². The highest BCUT2D eigenvalue weighted by atomic mass is 19.1. The number of tetrazole rings is 1. The number of anilines is 3. The summed E-state index contributed by atoms with van der Waals surface area (Å²) in [6, 6.07) is 2.67. The van der Waals surface area contributed by atoms with E-state index in [1.54, 1.807) is 0 Å². The molecule has 0 aliphatic carbocycles. The summed E-state index contributed by atoms with van der Waals surface area (Å²) in [6.45, 7) is 9.17. The number of aromatic nitrogens is 6. The van der Waals surface area contributed by atoms with E-state index in [1.165, 1.54) is 13.1 Å². The van der Waals surface area contributed by atoms with Crippen LogP contribution in [-0.4, -0.2) is 77.1 Å². The van der Waals surface area contributed by atoms with Crippen LogP contribution in [0.5, 0.6) is 5.75 Å². The average molecular weight is 548 g/mol. The molecule has 1 aliphatic heterocycles. The maximum Gasteiger partial charge on any atom is 0.368 e. The molecule has 3 aromatic rings. The lowest BCUT2D eigenvalue weighted by atomic mass is 9.82. The maximum absolute atomic E-state index is 15.1. The first-order valence-corrected chi connectivity index (χ1v) is 13.0. The van der Waals surface area contributed by atoms with Gasteiger partial charge >= 0.3 is 5.69 Å². The predicted molar refractivity (Wildman–Crippen MR) is 142 cm³/mol. The summed E-state index contributed by atoms with van der Waals surface area (Å²) >= 11 is 0. The maximum atomic E-state index is 15.1. The van der Waals surface area contributed by atoms with Crippen LogP contribution in [0.25, 0.3) is 5.69 Å². The fraction of sp³-hybridized carbons (Fsp3) is 0.560. The smallest absolute Gasteiger partial charge is 0.368 e. The van der Waals surface area contributed by atoms with E-state index < -0.39 is 17.3 Å². The zero-order chi connectivity index (χ0) is 28.3. The van der Waals surface area contributed by atoms with Crippen molar-refractivity contribution >= 4 is 17.5 Å². The predicted octanol–water partition coefficient (Wildman–Crippen LogP) is 2.60. The van der Waals surface area contributed by atoms with E-state index in [0.717, 1.165) is 47.4 Å². The van der Waals surface area contributed by atoms with Gasteiger partial charge in [-0.05, 0) is 56.1 Å². The summed E-state index contributed by atoms with van der Waals surface area (Å²) in [7, 11) is 1.42. The van der Waals surface area contributed by atoms with Crippen molar-refractivity contribution in [3.8, 4) is 11.4 Å². The van der Waals surface area contributed by atoms with Crippen LogP contribution in [-0.2, 0) is 7.05 Å². The molecule has 1 aromatic carbocycles. The van der Waals surface area contributed by atoms with Crippen molar-refractivity contribution in [2.75, 3.05) is 30.4 Å². The zero-order valence-corrected chi connectivity index (χ0v) is 22.8. The molecule has 3 N–H and O–H groups in total. The molecule has 0 bridgehead atoms. The molecular formula is C25H35F2N9O3. The normalized spacial score (nSPS) is 19.2. The Balaban J connectivity index is 1.62. The summed E-state index contributed by atoms with van der Waals surface area (Å²) in [5.41, 5.74) is -0.678. The van der Waals surface area contributed by atoms with Gasteiger partial charge in [-0.15, -0.1) is 0 Å². The first-order chi connectivity index (χ1) is 18.6. The molecule has 0 saturated carbocycles. The largest absolute Gasteiger partial charge is 0.489 e. The Labute approximate surface area is 225 Å². The quantitative estimate of drug-likeness (QED) is 0.348. The van der Waals surface area contributed by atoms with Crippen molar-refractivity contribution < 1.29 is 18.6 Å². The van der Waals surface area contributed by atoms with Crippen LogP contribution >= 0.6 is 0 Å². The highest BCUT2D eigenvalue weighted by Gasteiger charge is 2.39. The van der Waals surface area contributed by atoms with E-state index in [9.17, 15) is 9.18 Å². The number of aryl methyl sites for hydroxylation is 1. The molecule has 212 valence electrons. The summed E-state index contributed by atoms with van der Waals surface area (Å²) < 4.78 is 37.2. The summed E-state index contributed by atoms with van der Waals surface area (Å²) in [4.78, 5) is 23.2. The topological polar surface area (TPSA) is 135 Å². The van der Waals surface area contributed by atoms with Gasteiger partial charge in [0, 0.05) is 30.7 Å². The molecular weight excluding hydrogens is 512 g/mol. The van der Waals surface area contributed by atoms with Crippen molar-refractivity contribution in [1.82, 2.24) is 34.7 Å². The second-order valence-corrected chi connectivity index (χ2v) is 10.1. The Morgan fingerprint density at radius 2 is 1.97 bits per heavy atom. The van der Waals surface area contributed by atoms with Crippen molar-refractivity contribution in [1.29, 1.82) is 0 Å². The van der Waals surface area contributed by atoms with Crippen molar-refractivity contribution in [3.05, 3.63) is 40.4 Å². The minimum Gasteiger partial charge on any atom is -0.489 e. The third-order valence-corrected chi connectivity index (χ3v) is 7.01. The van der Waals surface area contributed by atoms with Gasteiger partial charge in [0.15, 0.2) is 17.5 Å². The Bertz CT molecular complexity index is 1360. The Morgan fingerprint density at radius 1 is 1.21 bits per heavy atom. The molecule has 1 fully saturated rings. The molecule has 4 rings (SSSR count). The van der Waals surface area contributed by atoms with Gasteiger partial charge in [-0.3, -0.25) is 4.90 Å². The SMILES string of the molecule is CCC1CC(Nc2nc(Nc3cc(-n4nnn(C)c4=O)c(OCCO)cc3F)ncc2F)CC(C)(C)N1CC. The van der Waals surface area contributed by atoms with Crippen LogP contribution in [0.2, 0.25) is 0 Å². The summed E-state index contributed by atoms with van der Waals surface area (Å²) in [6.07, 6.45) is 3.62. The number of aliphatic hydroxyl groups is 1. The number of nitrogens with one attached hydrogen (secondary N) is 2. The van der Waals surface area contributed by atoms with Crippen LogP contribution in [0.3, 0.4) is 0 Å². The fourth-order valence-corrected chi connectivity index (χ4v) is 5.32. The number of hydrogen-bond donors (Lipinski definition) is 3. The van der Waals surface area contributed by atoms with Gasteiger partial charge < -0.3 is 20.5 Å². The minimum atomic E-state index is -0.745. The summed E-state index contributed by atoms with van der Waals surface area (Å²) in [5, 5.41) is 22.6. The van der Waals surface area contributed by atoms with E-state index in [0.29, 0.717) is 6.04 Å². The minimum absolute atomic E-state index is 0.0140. The molecule has 0 amide bonds. The monoisotopic (exact) mass is 547 g/mol. The summed E-state index contributed by atoms with van der Waals surface area (Å²) in [5.74, 6) is -1.42. The Hall–Kier alpha value is -3.65. The molecule has 1 saturated heterocycles. The first kappa shape index (κ1) is 28.4. The first-order valence-electron chi connectivity index (χ1n) is 13.0. The number of piperidine rings is 1. The number of halogens is 2. The molecule has 0 spiro atoms. The standard InChI is InChI=1S/C25H35F2N9O3/c1-6-16-10-15(13-25(3,4)35(16)7-2)29-22-18(27)14-28-23(31-22)30-19-12-20(36-24(38)34(5)32-33-36)21(11-17(19)26)39-9-8-37/h11-12,14-16,37H,6-10,13H2,1-5H3,(H2,28,29,30,31). The second-order valence-electron chi connectivity index (χ2n) is 10.1. The molecule has 2 aromatic heterocycles. The van der Waals surface area contributed by atoms with E-state index >= 15 is 4.39 Å². The van der Waals surface area contributed by atoms with Crippen LogP contribution in [0, 0.1) is 11.6 Å². The van der Waals surface area contributed by atoms with Crippen LogP contribution in [0.15, 0.2) is 23.1 Å². The molecule has 1 aliphatic rings. The van der Waals surface area contributed by atoms with Crippen LogP contribution in [0.1, 0.15) is 47.0 Å². The van der Waals surface area contributed by atoms with E-state index in [2.05, 4.69) is 63.6 Å². The van der Waals surface area contributed by atoms with Gasteiger partial charge in [-0.25, -0.2) is 18.6 Å². The number of rotatable bonds is 10. The molecule has 12 nitrogen and oxygen atoms in total. The second kappa shape index (κ2) is 11.6. The third kappa shape index (κ3) is 6.01. The fourth-order valence-electron chi connectivity index (χ4n) is 5.32. The molecule has 2 unspecified atom stereocenters. The molecule has 14 heteroatoms. The third-order valence-electron chi connectivity index (χ3n) is 7.01. The Morgan fingerprint density at radius 3 is 2.62 bits per heavy atom. The van der Waals surface area contributed by atoms with Gasteiger partial charge in [0.1, 0.15) is 18.0 Å². The van der Waals surface area contributed by atoms with Crippen molar-refractivity contribution in [3.63, 3.8) is 0 Å². The number of nitrogens with zero attached hydrogens (tertiary/aromatic N) is 7. The van der Waals surface area contributed by atoms with Crippen molar-refractivity contribution in [2.24, 2.45) is 7.05 Å². The van der Waals surface area contributed by atoms with Gasteiger partial charge in [0.25, 0.3) is 0 Å². The van der Waals surface area contributed by atoms with E-state index in [1.807, 2.05) is 0 Å². The van der Waals surface area contributed by atoms with E-state index in [4.69, 9.17) is 9.84 Å². The average Bonchev–Trinajstić information content (AvgIpc) is 3.22. The molecule has 3 heterocycles. The molecule has 2 atom stereocenters. The number of hydrogen-bond acceptors (Lipinski definition) is 10. The lowest BCUT2D eigenvalue weighted by Crippen LogP contribution is -2.57. The van der Waals surface area contributed by atoms with Crippen LogP contribution in [0.4, 0.5) is 26.2 Å². The number of aliphatic hydroxyl groups excluding tert-OH is 1. The zero-order valence-electron chi connectivity index (χ0n) is 22.8. The highest BCUT2D eigenvalue weighted by molar-refractivity contribution is 5.63. The number of ether oxygens (including phenoxy) is 1. The Kier molecular flexibility index (Phi) is 8.45. The van der Waals surface area contributed by atoms with Gasteiger partial charge in [-0.2, -0.15) is 14.3 Å². The lowest BCUT2D eigenvalue weighted by molar-refractivity contribution is 0.0211. The lowest BCUT2D eigenvalue weighted by Gasteiger charge is -2.50. The number of likely N-dealkylation sites (tertiary alicyclic amines) is 1. The molecule has 39 heavy (non-hydrogen) atoms.